The fourth-order valence-electron chi connectivity index (χ4n) is 1.80. The van der Waals surface area contributed by atoms with Crippen molar-refractivity contribution in [2.75, 3.05) is 24.6 Å². The molecule has 0 saturated carbocycles. The zero-order chi connectivity index (χ0) is 15.1. The van der Waals surface area contributed by atoms with Gasteiger partial charge in [-0.15, -0.1) is 0 Å². The first-order chi connectivity index (χ1) is 9.40. The van der Waals surface area contributed by atoms with Crippen LogP contribution < -0.4 is 5.32 Å². The summed E-state index contributed by atoms with van der Waals surface area (Å²) in [5.74, 6) is -1.41. The highest BCUT2D eigenvalue weighted by Crippen LogP contribution is 2.05. The van der Waals surface area contributed by atoms with Crippen LogP contribution in [0.5, 0.6) is 0 Å². The Morgan fingerprint density at radius 1 is 1.20 bits per heavy atom. The Morgan fingerprint density at radius 2 is 1.80 bits per heavy atom. The minimum atomic E-state index is -1.19. The van der Waals surface area contributed by atoms with Crippen molar-refractivity contribution in [1.82, 2.24) is 10.2 Å². The maximum Gasteiger partial charge on any atom is 0.326 e. The second-order valence-electron chi connectivity index (χ2n) is 4.46. The molecule has 0 aromatic heterocycles. The summed E-state index contributed by atoms with van der Waals surface area (Å²) in [6.07, 6.45) is 0.103. The Morgan fingerprint density at radius 3 is 2.30 bits per heavy atom. The average Bonchev–Trinajstić information content (AvgIpc) is 2.37. The van der Waals surface area contributed by atoms with Gasteiger partial charge in [-0.1, -0.05) is 0 Å². The van der Waals surface area contributed by atoms with Gasteiger partial charge in [0, 0.05) is 41.8 Å². The molecule has 20 heavy (non-hydrogen) atoms. The molecule has 1 heterocycles. The number of hydrogen-bond donors (Lipinski definition) is 3. The molecule has 1 atom stereocenters. The number of rotatable bonds is 6. The molecule has 1 aliphatic rings. The minimum Gasteiger partial charge on any atom is -0.481 e. The number of nitrogens with zero attached hydrogens (tertiary/aromatic N) is 1. The SMILES string of the molecule is O=C(O)CCC[C@@H](NC(=O)N1CCS(=O)CC1)C(=O)O. The van der Waals surface area contributed by atoms with Crippen molar-refractivity contribution < 1.29 is 28.8 Å². The van der Waals surface area contributed by atoms with Crippen LogP contribution in [0.15, 0.2) is 0 Å². The van der Waals surface area contributed by atoms with Crippen LogP contribution in [0.25, 0.3) is 0 Å². The number of amides is 2. The summed E-state index contributed by atoms with van der Waals surface area (Å²) in [5.41, 5.74) is 0. The smallest absolute Gasteiger partial charge is 0.326 e. The number of urea groups is 1. The van der Waals surface area contributed by atoms with Gasteiger partial charge in [-0.25, -0.2) is 9.59 Å². The van der Waals surface area contributed by atoms with Gasteiger partial charge in [-0.05, 0) is 12.8 Å². The van der Waals surface area contributed by atoms with E-state index < -0.39 is 34.8 Å². The van der Waals surface area contributed by atoms with Crippen molar-refractivity contribution in [1.29, 1.82) is 0 Å². The van der Waals surface area contributed by atoms with Crippen molar-refractivity contribution in [3.63, 3.8) is 0 Å². The first-order valence-corrected chi connectivity index (χ1v) is 7.74. The molecule has 3 N–H and O–H groups in total. The third kappa shape index (κ3) is 5.55. The largest absolute Gasteiger partial charge is 0.481 e. The molecular formula is C11H18N2O6S. The molecule has 0 bridgehead atoms. The van der Waals surface area contributed by atoms with E-state index in [1.807, 2.05) is 0 Å². The molecule has 1 aliphatic heterocycles. The second-order valence-corrected chi connectivity index (χ2v) is 6.16. The summed E-state index contributed by atoms with van der Waals surface area (Å²) in [5, 5.41) is 19.9. The van der Waals surface area contributed by atoms with Crippen LogP contribution in [-0.4, -0.2) is 67.9 Å². The summed E-state index contributed by atoms with van der Waals surface area (Å²) in [6.45, 7) is 0.666. The molecule has 114 valence electrons. The molecule has 0 radical (unpaired) electrons. The Bertz CT molecular complexity index is 404. The van der Waals surface area contributed by atoms with Gasteiger partial charge in [0.2, 0.25) is 0 Å². The lowest BCUT2D eigenvalue weighted by atomic mass is 10.1. The van der Waals surface area contributed by atoms with E-state index in [2.05, 4.69) is 5.32 Å². The van der Waals surface area contributed by atoms with E-state index in [1.165, 1.54) is 4.90 Å². The molecule has 0 aliphatic carbocycles. The lowest BCUT2D eigenvalue weighted by molar-refractivity contribution is -0.140. The van der Waals surface area contributed by atoms with Crippen molar-refractivity contribution in [2.24, 2.45) is 0 Å². The Labute approximate surface area is 118 Å². The highest BCUT2D eigenvalue weighted by molar-refractivity contribution is 7.85. The van der Waals surface area contributed by atoms with Gasteiger partial charge in [0.05, 0.1) is 0 Å². The number of carbonyl (C=O) groups is 3. The van der Waals surface area contributed by atoms with Gasteiger partial charge in [-0.3, -0.25) is 9.00 Å². The summed E-state index contributed by atoms with van der Waals surface area (Å²) < 4.78 is 11.2. The van der Waals surface area contributed by atoms with E-state index in [4.69, 9.17) is 10.2 Å². The molecule has 0 unspecified atom stereocenters. The molecule has 1 rings (SSSR count). The van der Waals surface area contributed by atoms with Crippen molar-refractivity contribution in [3.05, 3.63) is 0 Å². The number of carbonyl (C=O) groups excluding carboxylic acids is 1. The van der Waals surface area contributed by atoms with Crippen LogP contribution in [0.1, 0.15) is 19.3 Å². The van der Waals surface area contributed by atoms with Crippen LogP contribution in [0, 0.1) is 0 Å². The first-order valence-electron chi connectivity index (χ1n) is 6.25. The zero-order valence-corrected chi connectivity index (χ0v) is 11.7. The summed E-state index contributed by atoms with van der Waals surface area (Å²) in [4.78, 5) is 34.7. The van der Waals surface area contributed by atoms with E-state index in [0.29, 0.717) is 24.6 Å². The quantitative estimate of drug-likeness (QED) is 0.606. The van der Waals surface area contributed by atoms with Gasteiger partial charge in [-0.2, -0.15) is 0 Å². The third-order valence-electron chi connectivity index (χ3n) is 2.94. The van der Waals surface area contributed by atoms with Crippen LogP contribution in [-0.2, 0) is 20.4 Å². The molecule has 0 aromatic carbocycles. The summed E-state index contributed by atoms with van der Waals surface area (Å²) in [7, 11) is -0.912. The predicted molar refractivity (Wildman–Crippen MR) is 70.9 cm³/mol. The maximum atomic E-state index is 11.9. The van der Waals surface area contributed by atoms with Gasteiger partial charge in [0.25, 0.3) is 0 Å². The predicted octanol–water partition coefficient (Wildman–Crippen LogP) is -0.532. The van der Waals surface area contributed by atoms with Crippen molar-refractivity contribution in [2.45, 2.75) is 25.3 Å². The molecule has 1 saturated heterocycles. The molecule has 1 fully saturated rings. The number of hydrogen-bond acceptors (Lipinski definition) is 4. The normalized spacial score (nSPS) is 17.5. The molecule has 8 nitrogen and oxygen atoms in total. The summed E-state index contributed by atoms with van der Waals surface area (Å²) >= 11 is 0. The highest BCUT2D eigenvalue weighted by Gasteiger charge is 2.25. The Kier molecular flexibility index (Phi) is 6.43. The lowest BCUT2D eigenvalue weighted by Crippen LogP contribution is -2.51. The monoisotopic (exact) mass is 306 g/mol. The van der Waals surface area contributed by atoms with E-state index in [9.17, 15) is 18.6 Å². The van der Waals surface area contributed by atoms with Gasteiger partial charge >= 0.3 is 18.0 Å². The van der Waals surface area contributed by atoms with Crippen LogP contribution in [0.3, 0.4) is 0 Å². The number of carboxylic acids is 2. The summed E-state index contributed by atoms with van der Waals surface area (Å²) in [6, 6.07) is -1.61. The van der Waals surface area contributed by atoms with Crippen molar-refractivity contribution >= 4 is 28.8 Å². The molecule has 2 amide bonds. The fourth-order valence-corrected chi connectivity index (χ4v) is 2.85. The molecule has 0 aromatic rings. The lowest BCUT2D eigenvalue weighted by Gasteiger charge is -2.28. The van der Waals surface area contributed by atoms with Crippen molar-refractivity contribution in [3.8, 4) is 0 Å². The van der Waals surface area contributed by atoms with Crippen LogP contribution in [0.2, 0.25) is 0 Å². The van der Waals surface area contributed by atoms with Gasteiger partial charge in [0.15, 0.2) is 0 Å². The fraction of sp³-hybridized carbons (Fsp3) is 0.727. The van der Waals surface area contributed by atoms with E-state index in [0.717, 1.165) is 0 Å². The molecule has 0 spiro atoms. The standard InChI is InChI=1S/C11H18N2O6S/c14-9(15)3-1-2-8(10(16)17)12-11(18)13-4-6-20(19)7-5-13/h8H,1-7H2,(H,12,18)(H,14,15)(H,16,17)/t8-/m1/s1. The molecule has 9 heteroatoms. The molecular weight excluding hydrogens is 288 g/mol. The van der Waals surface area contributed by atoms with Crippen LogP contribution in [0.4, 0.5) is 4.79 Å². The van der Waals surface area contributed by atoms with E-state index in [-0.39, 0.29) is 19.3 Å². The van der Waals surface area contributed by atoms with E-state index >= 15 is 0 Å². The van der Waals surface area contributed by atoms with Crippen LogP contribution >= 0.6 is 0 Å². The Balaban J connectivity index is 2.44. The van der Waals surface area contributed by atoms with Gasteiger partial charge < -0.3 is 20.4 Å². The highest BCUT2D eigenvalue weighted by atomic mass is 32.2. The third-order valence-corrected chi connectivity index (χ3v) is 4.22. The number of nitrogens with one attached hydrogen (secondary N) is 1. The zero-order valence-electron chi connectivity index (χ0n) is 10.9. The topological polar surface area (TPSA) is 124 Å². The van der Waals surface area contributed by atoms with Gasteiger partial charge in [0.1, 0.15) is 6.04 Å². The van der Waals surface area contributed by atoms with E-state index in [1.54, 1.807) is 0 Å². The first kappa shape index (κ1) is 16.4. The number of aliphatic carboxylic acids is 2. The second kappa shape index (κ2) is 7.83. The Hall–Kier alpha value is -1.64. The average molecular weight is 306 g/mol. The number of carboxylic acid groups (broad SMARTS) is 2. The maximum absolute atomic E-state index is 11.9. The minimum absolute atomic E-state index is 0.0626.